The quantitative estimate of drug-likeness (QED) is 0.569. The van der Waals surface area contributed by atoms with Crippen LogP contribution in [-0.4, -0.2) is 17.9 Å². The van der Waals surface area contributed by atoms with Gasteiger partial charge in [0.15, 0.2) is 0 Å². The number of ether oxygens (including phenoxy) is 1. The molecule has 1 aliphatic heterocycles. The number of benzene rings is 2. The van der Waals surface area contributed by atoms with Crippen LogP contribution in [0.3, 0.4) is 0 Å². The maximum Gasteiger partial charge on any atom is 0.282 e. The molecule has 0 spiro atoms. The lowest BCUT2D eigenvalue weighted by molar-refractivity contribution is -0.120. The standard InChI is InChI=1S/C24H19N3O3S/c1-15(2)30-19-11-7-17(8-12-19)26-22-21(20-4-3-13-31-20)23(28)27(24(22)29)18-9-5-16(14-25)6-10-18/h3-13,15,26H,1-2H3. The van der Waals surface area contributed by atoms with Gasteiger partial charge in [-0.25, -0.2) is 4.90 Å². The van der Waals surface area contributed by atoms with Crippen molar-refractivity contribution in [2.24, 2.45) is 0 Å². The fourth-order valence-electron chi connectivity index (χ4n) is 3.25. The summed E-state index contributed by atoms with van der Waals surface area (Å²) < 4.78 is 5.66. The summed E-state index contributed by atoms with van der Waals surface area (Å²) in [4.78, 5) is 28.4. The Morgan fingerprint density at radius 3 is 2.29 bits per heavy atom. The summed E-state index contributed by atoms with van der Waals surface area (Å²) in [7, 11) is 0. The zero-order chi connectivity index (χ0) is 22.0. The number of rotatable bonds is 6. The van der Waals surface area contributed by atoms with E-state index >= 15 is 0 Å². The minimum absolute atomic E-state index is 0.0574. The van der Waals surface area contributed by atoms with Crippen LogP contribution in [0.1, 0.15) is 24.3 Å². The van der Waals surface area contributed by atoms with Crippen molar-refractivity contribution < 1.29 is 14.3 Å². The van der Waals surface area contributed by atoms with Gasteiger partial charge in [-0.3, -0.25) is 9.59 Å². The summed E-state index contributed by atoms with van der Waals surface area (Å²) in [5.74, 6) is -0.124. The van der Waals surface area contributed by atoms with Crippen LogP contribution in [0.4, 0.5) is 11.4 Å². The fourth-order valence-corrected chi connectivity index (χ4v) is 4.02. The van der Waals surface area contributed by atoms with Crippen LogP contribution in [0.5, 0.6) is 5.75 Å². The number of thiophene rings is 1. The lowest BCUT2D eigenvalue weighted by Crippen LogP contribution is -2.32. The Kier molecular flexibility index (Phi) is 5.56. The van der Waals surface area contributed by atoms with Crippen LogP contribution >= 0.6 is 11.3 Å². The van der Waals surface area contributed by atoms with E-state index in [1.807, 2.05) is 49.6 Å². The van der Waals surface area contributed by atoms with Crippen molar-refractivity contribution >= 4 is 40.1 Å². The number of hydrogen-bond donors (Lipinski definition) is 1. The maximum absolute atomic E-state index is 13.3. The van der Waals surface area contributed by atoms with Crippen LogP contribution in [0.2, 0.25) is 0 Å². The van der Waals surface area contributed by atoms with E-state index in [2.05, 4.69) is 5.32 Å². The molecule has 0 saturated carbocycles. The number of nitrogens with one attached hydrogen (secondary N) is 1. The van der Waals surface area contributed by atoms with Gasteiger partial charge in [-0.15, -0.1) is 11.3 Å². The Labute approximate surface area is 184 Å². The van der Waals surface area contributed by atoms with Crippen LogP contribution < -0.4 is 15.0 Å². The van der Waals surface area contributed by atoms with Crippen LogP contribution in [0.15, 0.2) is 71.7 Å². The van der Waals surface area contributed by atoms with Crippen molar-refractivity contribution in [3.63, 3.8) is 0 Å². The molecule has 2 aromatic carbocycles. The van der Waals surface area contributed by atoms with E-state index in [9.17, 15) is 9.59 Å². The lowest BCUT2D eigenvalue weighted by atomic mass is 10.1. The second kappa shape index (κ2) is 8.46. The number of anilines is 2. The highest BCUT2D eigenvalue weighted by molar-refractivity contribution is 7.11. The van der Waals surface area contributed by atoms with Gasteiger partial charge in [0.25, 0.3) is 11.8 Å². The monoisotopic (exact) mass is 429 g/mol. The van der Waals surface area contributed by atoms with Crippen molar-refractivity contribution in [2.45, 2.75) is 20.0 Å². The first-order valence-corrected chi connectivity index (χ1v) is 10.6. The van der Waals surface area contributed by atoms with E-state index in [1.165, 1.54) is 11.3 Å². The average Bonchev–Trinajstić information content (AvgIpc) is 3.36. The molecular weight excluding hydrogens is 410 g/mol. The summed E-state index contributed by atoms with van der Waals surface area (Å²) in [6, 6.07) is 19.3. The molecule has 2 amide bonds. The average molecular weight is 430 g/mol. The van der Waals surface area contributed by atoms with Gasteiger partial charge >= 0.3 is 0 Å². The van der Waals surface area contributed by atoms with Crippen molar-refractivity contribution in [3.8, 4) is 11.8 Å². The second-order valence-corrected chi connectivity index (χ2v) is 8.10. The topological polar surface area (TPSA) is 82.4 Å². The Morgan fingerprint density at radius 1 is 1.00 bits per heavy atom. The van der Waals surface area contributed by atoms with Crippen LogP contribution in [0, 0.1) is 11.3 Å². The third-order valence-corrected chi connectivity index (χ3v) is 5.49. The van der Waals surface area contributed by atoms with E-state index in [0.29, 0.717) is 27.4 Å². The molecule has 0 fully saturated rings. The first-order valence-electron chi connectivity index (χ1n) is 9.69. The normalized spacial score (nSPS) is 13.7. The Hall–Kier alpha value is -3.89. The first-order chi connectivity index (χ1) is 15.0. The molecule has 4 rings (SSSR count). The maximum atomic E-state index is 13.3. The van der Waals surface area contributed by atoms with Gasteiger partial charge < -0.3 is 10.1 Å². The van der Waals surface area contributed by atoms with Gasteiger partial charge in [0, 0.05) is 10.6 Å². The smallest absolute Gasteiger partial charge is 0.282 e. The first kappa shape index (κ1) is 20.4. The van der Waals surface area contributed by atoms with E-state index in [-0.39, 0.29) is 11.8 Å². The molecule has 0 unspecified atom stereocenters. The van der Waals surface area contributed by atoms with E-state index in [4.69, 9.17) is 10.00 Å². The molecule has 31 heavy (non-hydrogen) atoms. The highest BCUT2D eigenvalue weighted by Crippen LogP contribution is 2.35. The number of hydrogen-bond acceptors (Lipinski definition) is 6. The molecule has 1 N–H and O–H groups in total. The second-order valence-electron chi connectivity index (χ2n) is 7.15. The summed E-state index contributed by atoms with van der Waals surface area (Å²) in [5.41, 5.74) is 2.08. The van der Waals surface area contributed by atoms with E-state index in [1.54, 1.807) is 36.4 Å². The predicted octanol–water partition coefficient (Wildman–Crippen LogP) is 4.80. The van der Waals surface area contributed by atoms with Gasteiger partial charge in [0.05, 0.1) is 29.0 Å². The molecule has 0 atom stereocenters. The molecule has 0 bridgehead atoms. The zero-order valence-electron chi connectivity index (χ0n) is 17.0. The number of amides is 2. The summed E-state index contributed by atoms with van der Waals surface area (Å²) in [6.07, 6.45) is 0.0574. The highest BCUT2D eigenvalue weighted by atomic mass is 32.1. The van der Waals surface area contributed by atoms with Gasteiger partial charge in [0.1, 0.15) is 11.4 Å². The molecule has 0 aliphatic carbocycles. The summed E-state index contributed by atoms with van der Waals surface area (Å²) in [5, 5.41) is 14.0. The molecule has 154 valence electrons. The van der Waals surface area contributed by atoms with Crippen molar-refractivity contribution in [3.05, 3.63) is 82.2 Å². The number of imide groups is 1. The van der Waals surface area contributed by atoms with Gasteiger partial charge in [-0.1, -0.05) is 6.07 Å². The van der Waals surface area contributed by atoms with Gasteiger partial charge in [0.2, 0.25) is 0 Å². The number of nitriles is 1. The zero-order valence-corrected chi connectivity index (χ0v) is 17.8. The van der Waals surface area contributed by atoms with Crippen molar-refractivity contribution in [1.82, 2.24) is 0 Å². The summed E-state index contributed by atoms with van der Waals surface area (Å²) in [6.45, 7) is 3.90. The van der Waals surface area contributed by atoms with Gasteiger partial charge in [-0.05, 0) is 73.8 Å². The van der Waals surface area contributed by atoms with Crippen LogP contribution in [-0.2, 0) is 9.59 Å². The fraction of sp³-hybridized carbons (Fsp3) is 0.125. The Morgan fingerprint density at radius 2 is 1.71 bits per heavy atom. The molecule has 0 radical (unpaired) electrons. The van der Waals surface area contributed by atoms with Gasteiger partial charge in [-0.2, -0.15) is 5.26 Å². The molecule has 0 saturated heterocycles. The van der Waals surface area contributed by atoms with Crippen molar-refractivity contribution in [1.29, 1.82) is 5.26 Å². The SMILES string of the molecule is CC(C)Oc1ccc(NC2=C(c3cccs3)C(=O)N(c3ccc(C#N)cc3)C2=O)cc1. The van der Waals surface area contributed by atoms with Crippen LogP contribution in [0.25, 0.3) is 5.57 Å². The van der Waals surface area contributed by atoms with Crippen molar-refractivity contribution in [2.75, 3.05) is 10.2 Å². The highest BCUT2D eigenvalue weighted by Gasteiger charge is 2.40. The Balaban J connectivity index is 1.69. The molecular formula is C24H19N3O3S. The number of carbonyl (C=O) groups is 2. The number of nitrogens with zero attached hydrogens (tertiary/aromatic N) is 2. The third kappa shape index (κ3) is 4.06. The van der Waals surface area contributed by atoms with E-state index in [0.717, 1.165) is 10.6 Å². The number of carbonyl (C=O) groups excluding carboxylic acids is 2. The molecule has 1 aliphatic rings. The predicted molar refractivity (Wildman–Crippen MR) is 121 cm³/mol. The minimum Gasteiger partial charge on any atom is -0.491 e. The Bertz CT molecular complexity index is 1190. The molecule has 6 nitrogen and oxygen atoms in total. The largest absolute Gasteiger partial charge is 0.491 e. The summed E-state index contributed by atoms with van der Waals surface area (Å²) >= 11 is 1.39. The van der Waals surface area contributed by atoms with E-state index < -0.39 is 11.8 Å². The molecule has 7 heteroatoms. The molecule has 3 aromatic rings. The molecule has 2 heterocycles. The minimum atomic E-state index is -0.444. The molecule has 1 aromatic heterocycles. The lowest BCUT2D eigenvalue weighted by Gasteiger charge is -2.15. The third-order valence-electron chi connectivity index (χ3n) is 4.60.